The van der Waals surface area contributed by atoms with Gasteiger partial charge in [-0.1, -0.05) is 37.1 Å². The number of carbonyl (C=O) groups excluding carboxylic acids is 1. The van der Waals surface area contributed by atoms with Gasteiger partial charge in [-0.3, -0.25) is 10.1 Å². The molecule has 0 saturated carbocycles. The molecular weight excluding hydrogens is 280 g/mol. The fourth-order valence-corrected chi connectivity index (χ4v) is 3.37. The van der Waals surface area contributed by atoms with Gasteiger partial charge in [0.25, 0.3) is 0 Å². The minimum Gasteiger partial charge on any atom is -0.321 e. The number of benzene rings is 1. The molecule has 0 spiro atoms. The highest BCUT2D eigenvalue weighted by molar-refractivity contribution is 7.98. The molecule has 116 valence electrons. The van der Waals surface area contributed by atoms with Gasteiger partial charge < -0.3 is 4.90 Å². The fourth-order valence-electron chi connectivity index (χ4n) is 2.99. The first kappa shape index (κ1) is 16.4. The van der Waals surface area contributed by atoms with Gasteiger partial charge in [0, 0.05) is 12.3 Å². The molecule has 1 heterocycles. The monoisotopic (exact) mass is 306 g/mol. The standard InChI is InChI=1S/C17H26N2OS/c1-5-6-15-17(20)19(9-10-21-4)16(18-15)14-8-7-12(2)11-13(14)3/h7-8,11,15-16,18H,5-6,9-10H2,1-4H3. The molecule has 21 heavy (non-hydrogen) atoms. The molecule has 1 fully saturated rings. The molecule has 4 heteroatoms. The number of amides is 1. The van der Waals surface area contributed by atoms with Crippen molar-refractivity contribution < 1.29 is 4.79 Å². The number of nitrogens with zero attached hydrogens (tertiary/aromatic N) is 1. The van der Waals surface area contributed by atoms with Gasteiger partial charge in [0.2, 0.25) is 5.91 Å². The predicted octanol–water partition coefficient (Wildman–Crippen LogP) is 3.27. The Bertz CT molecular complexity index is 504. The van der Waals surface area contributed by atoms with E-state index < -0.39 is 0 Å². The van der Waals surface area contributed by atoms with Crippen molar-refractivity contribution in [3.63, 3.8) is 0 Å². The van der Waals surface area contributed by atoms with E-state index in [9.17, 15) is 4.79 Å². The molecule has 0 bridgehead atoms. The van der Waals surface area contributed by atoms with E-state index in [1.807, 2.05) is 4.90 Å². The van der Waals surface area contributed by atoms with E-state index in [0.29, 0.717) is 0 Å². The summed E-state index contributed by atoms with van der Waals surface area (Å²) in [7, 11) is 0. The molecule has 3 nitrogen and oxygen atoms in total. The van der Waals surface area contributed by atoms with Crippen molar-refractivity contribution in [2.75, 3.05) is 18.6 Å². The fraction of sp³-hybridized carbons (Fsp3) is 0.588. The maximum atomic E-state index is 12.6. The van der Waals surface area contributed by atoms with Crippen molar-refractivity contribution >= 4 is 17.7 Å². The Balaban J connectivity index is 2.27. The molecule has 0 aromatic heterocycles. The summed E-state index contributed by atoms with van der Waals surface area (Å²) in [4.78, 5) is 14.6. The first-order valence-electron chi connectivity index (χ1n) is 7.71. The topological polar surface area (TPSA) is 32.3 Å². The summed E-state index contributed by atoms with van der Waals surface area (Å²) in [6, 6.07) is 6.47. The van der Waals surface area contributed by atoms with E-state index in [1.54, 1.807) is 11.8 Å². The highest BCUT2D eigenvalue weighted by Gasteiger charge is 2.38. The van der Waals surface area contributed by atoms with Gasteiger partial charge in [-0.15, -0.1) is 0 Å². The Morgan fingerprint density at radius 2 is 2.10 bits per heavy atom. The SMILES string of the molecule is CCCC1NC(c2ccc(C)cc2C)N(CCSC)C1=O. The Hall–Kier alpha value is -1.00. The normalized spacial score (nSPS) is 22.1. The van der Waals surface area contributed by atoms with Crippen molar-refractivity contribution in [1.82, 2.24) is 10.2 Å². The molecule has 2 rings (SSSR count). The van der Waals surface area contributed by atoms with Crippen molar-refractivity contribution in [3.8, 4) is 0 Å². The van der Waals surface area contributed by atoms with E-state index in [0.717, 1.165) is 25.1 Å². The van der Waals surface area contributed by atoms with E-state index in [2.05, 4.69) is 50.5 Å². The van der Waals surface area contributed by atoms with Crippen LogP contribution in [0.15, 0.2) is 18.2 Å². The van der Waals surface area contributed by atoms with Crippen LogP contribution in [0.25, 0.3) is 0 Å². The lowest BCUT2D eigenvalue weighted by atomic mass is 10.0. The van der Waals surface area contributed by atoms with E-state index >= 15 is 0 Å². The number of aryl methyl sites for hydroxylation is 2. The van der Waals surface area contributed by atoms with Crippen LogP contribution in [0.4, 0.5) is 0 Å². The predicted molar refractivity (Wildman–Crippen MR) is 90.6 cm³/mol. The van der Waals surface area contributed by atoms with Crippen LogP contribution in [0.2, 0.25) is 0 Å². The molecule has 1 aliphatic heterocycles. The highest BCUT2D eigenvalue weighted by Crippen LogP contribution is 2.29. The van der Waals surface area contributed by atoms with Crippen LogP contribution in [0, 0.1) is 13.8 Å². The lowest BCUT2D eigenvalue weighted by molar-refractivity contribution is -0.130. The lowest BCUT2D eigenvalue weighted by Gasteiger charge is -2.25. The van der Waals surface area contributed by atoms with Crippen molar-refractivity contribution in [2.24, 2.45) is 0 Å². The van der Waals surface area contributed by atoms with E-state index in [1.165, 1.54) is 16.7 Å². The van der Waals surface area contributed by atoms with Crippen molar-refractivity contribution in [3.05, 3.63) is 34.9 Å². The van der Waals surface area contributed by atoms with Gasteiger partial charge in [0.05, 0.1) is 6.04 Å². The van der Waals surface area contributed by atoms with Crippen LogP contribution in [0.5, 0.6) is 0 Å². The number of rotatable bonds is 6. The Labute approximate surface area is 132 Å². The maximum Gasteiger partial charge on any atom is 0.241 e. The molecule has 1 N–H and O–H groups in total. The first-order valence-corrected chi connectivity index (χ1v) is 9.10. The number of hydrogen-bond acceptors (Lipinski definition) is 3. The smallest absolute Gasteiger partial charge is 0.241 e. The zero-order valence-corrected chi connectivity index (χ0v) is 14.3. The molecule has 1 saturated heterocycles. The average Bonchev–Trinajstić information content (AvgIpc) is 2.74. The van der Waals surface area contributed by atoms with Gasteiger partial charge in [-0.25, -0.2) is 0 Å². The quantitative estimate of drug-likeness (QED) is 0.875. The van der Waals surface area contributed by atoms with Gasteiger partial charge in [-0.2, -0.15) is 11.8 Å². The van der Waals surface area contributed by atoms with Crippen LogP contribution in [0.1, 0.15) is 42.6 Å². The van der Waals surface area contributed by atoms with Gasteiger partial charge in [0.15, 0.2) is 0 Å². The van der Waals surface area contributed by atoms with Gasteiger partial charge in [-0.05, 0) is 37.7 Å². The minimum atomic E-state index is -0.0254. The summed E-state index contributed by atoms with van der Waals surface area (Å²) in [5, 5.41) is 3.54. The Morgan fingerprint density at radius 3 is 2.71 bits per heavy atom. The minimum absolute atomic E-state index is 0.0254. The van der Waals surface area contributed by atoms with Crippen LogP contribution < -0.4 is 5.32 Å². The largest absolute Gasteiger partial charge is 0.321 e. The van der Waals surface area contributed by atoms with Crippen molar-refractivity contribution in [1.29, 1.82) is 0 Å². The van der Waals surface area contributed by atoms with Crippen LogP contribution in [0.3, 0.4) is 0 Å². The average molecular weight is 306 g/mol. The molecule has 2 unspecified atom stereocenters. The van der Waals surface area contributed by atoms with Crippen LogP contribution >= 0.6 is 11.8 Å². The summed E-state index contributed by atoms with van der Waals surface area (Å²) >= 11 is 1.79. The molecule has 2 atom stereocenters. The second kappa shape index (κ2) is 7.32. The Morgan fingerprint density at radius 1 is 1.33 bits per heavy atom. The highest BCUT2D eigenvalue weighted by atomic mass is 32.2. The molecule has 0 aliphatic carbocycles. The summed E-state index contributed by atoms with van der Waals surface area (Å²) in [6.45, 7) is 7.18. The second-order valence-corrected chi connectivity index (χ2v) is 6.78. The molecule has 1 aliphatic rings. The molecule has 0 radical (unpaired) electrons. The third kappa shape index (κ3) is 3.61. The second-order valence-electron chi connectivity index (χ2n) is 5.79. The number of hydrogen-bond donors (Lipinski definition) is 1. The molecule has 1 aromatic carbocycles. The third-order valence-corrected chi connectivity index (χ3v) is 4.68. The summed E-state index contributed by atoms with van der Waals surface area (Å²) in [6.07, 6.45) is 4.06. The maximum absolute atomic E-state index is 12.6. The van der Waals surface area contributed by atoms with E-state index in [-0.39, 0.29) is 18.1 Å². The van der Waals surface area contributed by atoms with Crippen LogP contribution in [-0.4, -0.2) is 35.4 Å². The molecular formula is C17H26N2OS. The summed E-state index contributed by atoms with van der Waals surface area (Å²) < 4.78 is 0. The molecule has 1 amide bonds. The summed E-state index contributed by atoms with van der Waals surface area (Å²) in [5.41, 5.74) is 3.75. The number of nitrogens with one attached hydrogen (secondary N) is 1. The Kier molecular flexibility index (Phi) is 5.71. The number of carbonyl (C=O) groups is 1. The van der Waals surface area contributed by atoms with Gasteiger partial charge >= 0.3 is 0 Å². The summed E-state index contributed by atoms with van der Waals surface area (Å²) in [5.74, 6) is 1.24. The molecule has 1 aromatic rings. The van der Waals surface area contributed by atoms with Gasteiger partial charge in [0.1, 0.15) is 6.17 Å². The number of thioether (sulfide) groups is 1. The third-order valence-electron chi connectivity index (χ3n) is 4.09. The van der Waals surface area contributed by atoms with E-state index in [4.69, 9.17) is 0 Å². The zero-order chi connectivity index (χ0) is 15.4. The first-order chi connectivity index (χ1) is 10.1. The van der Waals surface area contributed by atoms with Crippen molar-refractivity contribution in [2.45, 2.75) is 45.8 Å². The zero-order valence-electron chi connectivity index (χ0n) is 13.5. The van der Waals surface area contributed by atoms with Crippen LogP contribution in [-0.2, 0) is 4.79 Å². The lowest BCUT2D eigenvalue weighted by Crippen LogP contribution is -2.33.